The molecule has 1 heterocycles. The Kier molecular flexibility index (Phi) is 3.62. The number of hydrogen-bond donors (Lipinski definition) is 1. The number of hydrogen-bond acceptors (Lipinski definition) is 2. The van der Waals surface area contributed by atoms with Gasteiger partial charge >= 0.3 is 0 Å². The maximum Gasteiger partial charge on any atom is 0.122 e. The molecule has 2 N–H and O–H groups in total. The molecule has 0 amide bonds. The van der Waals surface area contributed by atoms with Crippen LogP contribution in [0, 0.1) is 25.2 Å². The summed E-state index contributed by atoms with van der Waals surface area (Å²) in [5.74, 6) is 0.567. The fourth-order valence-electron chi connectivity index (χ4n) is 2.30. The van der Waals surface area contributed by atoms with Crippen LogP contribution < -0.4 is 5.73 Å². The first kappa shape index (κ1) is 13.2. The highest BCUT2D eigenvalue weighted by Crippen LogP contribution is 2.24. The van der Waals surface area contributed by atoms with E-state index >= 15 is 0 Å². The molecule has 3 nitrogen and oxygen atoms in total. The third kappa shape index (κ3) is 2.34. The highest BCUT2D eigenvalue weighted by Gasteiger charge is 2.14. The Morgan fingerprint density at radius 3 is 2.21 bits per heavy atom. The van der Waals surface area contributed by atoms with Crippen LogP contribution in [0.15, 0.2) is 24.3 Å². The zero-order chi connectivity index (χ0) is 14.0. The minimum Gasteiger partial charge on any atom is -0.384 e. The molecule has 0 saturated heterocycles. The molecule has 1 aromatic carbocycles. The number of benzene rings is 1. The van der Waals surface area contributed by atoms with Gasteiger partial charge in [0.2, 0.25) is 0 Å². The second-order valence-electron chi connectivity index (χ2n) is 4.84. The van der Waals surface area contributed by atoms with E-state index in [9.17, 15) is 0 Å². The van der Waals surface area contributed by atoms with Gasteiger partial charge in [0.05, 0.1) is 5.56 Å². The van der Waals surface area contributed by atoms with Gasteiger partial charge in [0.25, 0.3) is 0 Å². The summed E-state index contributed by atoms with van der Waals surface area (Å²) < 4.78 is 2.01. The van der Waals surface area contributed by atoms with Crippen LogP contribution in [0.1, 0.15) is 34.9 Å². The van der Waals surface area contributed by atoms with Gasteiger partial charge in [-0.1, -0.05) is 31.2 Å². The van der Waals surface area contributed by atoms with Gasteiger partial charge in [0.1, 0.15) is 11.9 Å². The molecule has 1 aromatic heterocycles. The van der Waals surface area contributed by atoms with E-state index < -0.39 is 0 Å². The summed E-state index contributed by atoms with van der Waals surface area (Å²) in [6.07, 6.45) is 1.04. The molecule has 0 saturated carbocycles. The van der Waals surface area contributed by atoms with E-state index in [4.69, 9.17) is 11.0 Å². The number of nitriles is 1. The number of nitrogen functional groups attached to an aromatic ring is 1. The zero-order valence-electron chi connectivity index (χ0n) is 11.7. The maximum absolute atomic E-state index is 9.13. The first-order valence-electron chi connectivity index (χ1n) is 6.51. The molecule has 98 valence electrons. The second kappa shape index (κ2) is 5.19. The molecule has 0 aliphatic rings. The Morgan fingerprint density at radius 1 is 1.16 bits per heavy atom. The number of rotatable bonds is 3. The Labute approximate surface area is 114 Å². The van der Waals surface area contributed by atoms with Crippen molar-refractivity contribution in [3.8, 4) is 6.07 Å². The van der Waals surface area contributed by atoms with Crippen LogP contribution in [0.3, 0.4) is 0 Å². The largest absolute Gasteiger partial charge is 0.384 e. The van der Waals surface area contributed by atoms with Crippen LogP contribution in [-0.4, -0.2) is 4.57 Å². The molecule has 19 heavy (non-hydrogen) atoms. The summed E-state index contributed by atoms with van der Waals surface area (Å²) in [5, 5.41) is 9.13. The SMILES string of the molecule is CCc1ccc(Cn2c(C)c(C)c(C#N)c2N)cc1. The quantitative estimate of drug-likeness (QED) is 0.913. The van der Waals surface area contributed by atoms with E-state index in [1.54, 1.807) is 0 Å². The molecule has 0 spiro atoms. The van der Waals surface area contributed by atoms with Crippen LogP contribution in [-0.2, 0) is 13.0 Å². The molecule has 0 unspecified atom stereocenters. The van der Waals surface area contributed by atoms with Gasteiger partial charge in [-0.3, -0.25) is 0 Å². The molecule has 2 aromatic rings. The Bertz CT molecular complexity index is 627. The summed E-state index contributed by atoms with van der Waals surface area (Å²) in [6, 6.07) is 10.7. The highest BCUT2D eigenvalue weighted by atomic mass is 15.1. The molecule has 0 aliphatic heterocycles. The molecule has 0 atom stereocenters. The van der Waals surface area contributed by atoms with E-state index in [1.807, 2.05) is 18.4 Å². The van der Waals surface area contributed by atoms with E-state index in [0.717, 1.165) is 17.7 Å². The van der Waals surface area contributed by atoms with E-state index in [0.29, 0.717) is 17.9 Å². The Morgan fingerprint density at radius 2 is 1.74 bits per heavy atom. The van der Waals surface area contributed by atoms with Crippen LogP contribution >= 0.6 is 0 Å². The van der Waals surface area contributed by atoms with Crippen LogP contribution in [0.2, 0.25) is 0 Å². The summed E-state index contributed by atoms with van der Waals surface area (Å²) >= 11 is 0. The molecule has 0 radical (unpaired) electrons. The van der Waals surface area contributed by atoms with Crippen molar-refractivity contribution in [2.75, 3.05) is 5.73 Å². The fourth-order valence-corrected chi connectivity index (χ4v) is 2.30. The summed E-state index contributed by atoms with van der Waals surface area (Å²) in [6.45, 7) is 6.81. The number of anilines is 1. The van der Waals surface area contributed by atoms with Crippen LogP contribution in [0.25, 0.3) is 0 Å². The van der Waals surface area contributed by atoms with Crippen LogP contribution in [0.5, 0.6) is 0 Å². The summed E-state index contributed by atoms with van der Waals surface area (Å²) in [7, 11) is 0. The van der Waals surface area contributed by atoms with E-state index in [1.165, 1.54) is 11.1 Å². The normalized spacial score (nSPS) is 10.4. The maximum atomic E-state index is 9.13. The van der Waals surface area contributed by atoms with Crippen molar-refractivity contribution in [1.29, 1.82) is 5.26 Å². The van der Waals surface area contributed by atoms with Gasteiger partial charge in [-0.25, -0.2) is 0 Å². The van der Waals surface area contributed by atoms with Crippen molar-refractivity contribution in [1.82, 2.24) is 4.57 Å². The lowest BCUT2D eigenvalue weighted by molar-refractivity contribution is 0.783. The Hall–Kier alpha value is -2.21. The lowest BCUT2D eigenvalue weighted by Crippen LogP contribution is -2.06. The van der Waals surface area contributed by atoms with Crippen molar-refractivity contribution >= 4 is 5.82 Å². The molecule has 0 fully saturated rings. The molecule has 2 rings (SSSR count). The minimum absolute atomic E-state index is 0.567. The Balaban J connectivity index is 2.36. The van der Waals surface area contributed by atoms with Gasteiger partial charge in [-0.2, -0.15) is 5.26 Å². The molecular formula is C16H19N3. The molecular weight excluding hydrogens is 234 g/mol. The number of aryl methyl sites for hydroxylation is 1. The average Bonchev–Trinajstić information content (AvgIpc) is 2.63. The molecule has 0 bridgehead atoms. The number of aromatic nitrogens is 1. The second-order valence-corrected chi connectivity index (χ2v) is 4.84. The van der Waals surface area contributed by atoms with E-state index in [2.05, 4.69) is 37.3 Å². The van der Waals surface area contributed by atoms with Crippen molar-refractivity contribution in [3.63, 3.8) is 0 Å². The number of nitrogens with zero attached hydrogens (tertiary/aromatic N) is 2. The van der Waals surface area contributed by atoms with Crippen molar-refractivity contribution < 1.29 is 0 Å². The summed E-state index contributed by atoms with van der Waals surface area (Å²) in [5.41, 5.74) is 11.2. The van der Waals surface area contributed by atoms with Crippen molar-refractivity contribution in [2.24, 2.45) is 0 Å². The predicted octanol–water partition coefficient (Wildman–Crippen LogP) is 3.17. The van der Waals surface area contributed by atoms with Gasteiger partial charge in [-0.05, 0) is 37.0 Å². The zero-order valence-corrected chi connectivity index (χ0v) is 11.7. The van der Waals surface area contributed by atoms with Crippen molar-refractivity contribution in [2.45, 2.75) is 33.7 Å². The fraction of sp³-hybridized carbons (Fsp3) is 0.312. The average molecular weight is 253 g/mol. The molecule has 3 heteroatoms. The third-order valence-electron chi connectivity index (χ3n) is 3.75. The van der Waals surface area contributed by atoms with Crippen molar-refractivity contribution in [3.05, 3.63) is 52.2 Å². The monoisotopic (exact) mass is 253 g/mol. The van der Waals surface area contributed by atoms with Gasteiger partial charge in [0.15, 0.2) is 0 Å². The predicted molar refractivity (Wildman–Crippen MR) is 78.0 cm³/mol. The smallest absolute Gasteiger partial charge is 0.122 e. The van der Waals surface area contributed by atoms with Gasteiger partial charge in [0, 0.05) is 12.2 Å². The standard InChI is InChI=1S/C16H19N3/c1-4-13-5-7-14(8-6-13)10-19-12(3)11(2)15(9-17)16(19)18/h5-8H,4,10,18H2,1-3H3. The third-order valence-corrected chi connectivity index (χ3v) is 3.75. The first-order chi connectivity index (χ1) is 9.08. The van der Waals surface area contributed by atoms with Crippen LogP contribution in [0.4, 0.5) is 5.82 Å². The topological polar surface area (TPSA) is 54.7 Å². The van der Waals surface area contributed by atoms with Gasteiger partial charge in [-0.15, -0.1) is 0 Å². The lowest BCUT2D eigenvalue weighted by Gasteiger charge is -2.09. The number of nitrogens with two attached hydrogens (primary N) is 1. The summed E-state index contributed by atoms with van der Waals surface area (Å²) in [4.78, 5) is 0. The van der Waals surface area contributed by atoms with E-state index in [-0.39, 0.29) is 0 Å². The van der Waals surface area contributed by atoms with Gasteiger partial charge < -0.3 is 10.3 Å². The lowest BCUT2D eigenvalue weighted by atomic mass is 10.1. The highest BCUT2D eigenvalue weighted by molar-refractivity contribution is 5.58. The first-order valence-corrected chi connectivity index (χ1v) is 6.51. The minimum atomic E-state index is 0.567. The molecule has 0 aliphatic carbocycles.